The molecule has 0 saturated heterocycles. The van der Waals surface area contributed by atoms with Crippen molar-refractivity contribution in [2.75, 3.05) is 51.3 Å². The maximum atomic E-state index is 6.28. The highest BCUT2D eigenvalue weighted by molar-refractivity contribution is 5.72. The molecule has 2 aromatic rings. The summed E-state index contributed by atoms with van der Waals surface area (Å²) >= 11 is 0. The molecule has 0 saturated carbocycles. The lowest BCUT2D eigenvalue weighted by Gasteiger charge is -2.27. The number of aromatic nitrogens is 2. The molecular weight excluding hydrogens is 400 g/mol. The second-order valence-electron chi connectivity index (χ2n) is 8.31. The van der Waals surface area contributed by atoms with E-state index in [1.807, 2.05) is 6.92 Å². The standard InChI is InChI=1S/C26H42N4O2/c1-9-13-30(14-10-2)24-21(7)27-25(28-26(24)31-8)23-20(6)17-19(5)18-22(23)32-16-15-29(11-3)12-4/h17-18H,9-16H2,1-8H3. The van der Waals surface area contributed by atoms with E-state index in [0.717, 1.165) is 73.8 Å². The fourth-order valence-corrected chi connectivity index (χ4v) is 4.19. The minimum absolute atomic E-state index is 0.628. The van der Waals surface area contributed by atoms with Crippen LogP contribution in [0.1, 0.15) is 57.4 Å². The number of hydrogen-bond donors (Lipinski definition) is 0. The number of anilines is 1. The summed E-state index contributed by atoms with van der Waals surface area (Å²) in [5, 5.41) is 0. The second-order valence-corrected chi connectivity index (χ2v) is 8.31. The Kier molecular flexibility index (Phi) is 10.2. The second kappa shape index (κ2) is 12.6. The molecule has 0 unspecified atom stereocenters. The largest absolute Gasteiger partial charge is 0.491 e. The highest BCUT2D eigenvalue weighted by Gasteiger charge is 2.22. The normalized spacial score (nSPS) is 11.2. The number of methoxy groups -OCH3 is 1. The lowest BCUT2D eigenvalue weighted by molar-refractivity contribution is 0.223. The Morgan fingerprint density at radius 1 is 0.875 bits per heavy atom. The molecule has 6 nitrogen and oxygen atoms in total. The van der Waals surface area contributed by atoms with E-state index in [2.05, 4.69) is 63.5 Å². The van der Waals surface area contributed by atoms with Crippen LogP contribution in [-0.4, -0.2) is 61.3 Å². The van der Waals surface area contributed by atoms with Gasteiger partial charge in [0.25, 0.3) is 0 Å². The molecule has 1 heterocycles. The van der Waals surface area contributed by atoms with Crippen molar-refractivity contribution in [3.63, 3.8) is 0 Å². The number of aryl methyl sites for hydroxylation is 3. The van der Waals surface area contributed by atoms with Gasteiger partial charge in [-0.1, -0.05) is 33.8 Å². The van der Waals surface area contributed by atoms with E-state index in [4.69, 9.17) is 19.4 Å². The topological polar surface area (TPSA) is 50.7 Å². The molecule has 6 heteroatoms. The van der Waals surface area contributed by atoms with Gasteiger partial charge in [0, 0.05) is 19.6 Å². The maximum Gasteiger partial charge on any atom is 0.241 e. The molecule has 0 N–H and O–H groups in total. The van der Waals surface area contributed by atoms with Crippen molar-refractivity contribution in [1.29, 1.82) is 0 Å². The summed E-state index contributed by atoms with van der Waals surface area (Å²) in [6, 6.07) is 4.25. The number of nitrogens with zero attached hydrogens (tertiary/aromatic N) is 4. The zero-order valence-electron chi connectivity index (χ0n) is 21.4. The van der Waals surface area contributed by atoms with Crippen LogP contribution in [0.25, 0.3) is 11.4 Å². The van der Waals surface area contributed by atoms with Crippen LogP contribution in [0.5, 0.6) is 11.6 Å². The van der Waals surface area contributed by atoms with E-state index < -0.39 is 0 Å². The Morgan fingerprint density at radius 3 is 2.09 bits per heavy atom. The van der Waals surface area contributed by atoms with Gasteiger partial charge in [-0.2, -0.15) is 4.98 Å². The zero-order valence-corrected chi connectivity index (χ0v) is 21.4. The van der Waals surface area contributed by atoms with Gasteiger partial charge < -0.3 is 19.3 Å². The number of ether oxygens (including phenoxy) is 2. The summed E-state index contributed by atoms with van der Waals surface area (Å²) in [6.07, 6.45) is 2.12. The zero-order chi connectivity index (χ0) is 23.7. The number of likely N-dealkylation sites (N-methyl/N-ethyl adjacent to an activating group) is 1. The van der Waals surface area contributed by atoms with E-state index in [0.29, 0.717) is 18.3 Å². The summed E-state index contributed by atoms with van der Waals surface area (Å²) in [6.45, 7) is 20.5. The monoisotopic (exact) mass is 442 g/mol. The Hall–Kier alpha value is -2.34. The van der Waals surface area contributed by atoms with Crippen LogP contribution in [-0.2, 0) is 0 Å². The molecule has 2 rings (SSSR count). The molecule has 0 spiro atoms. The van der Waals surface area contributed by atoms with E-state index in [1.165, 1.54) is 5.56 Å². The van der Waals surface area contributed by atoms with Crippen molar-refractivity contribution >= 4 is 5.69 Å². The molecule has 0 atom stereocenters. The first-order chi connectivity index (χ1) is 15.4. The first-order valence-corrected chi connectivity index (χ1v) is 12.0. The van der Waals surface area contributed by atoms with Crippen molar-refractivity contribution in [3.8, 4) is 23.0 Å². The van der Waals surface area contributed by atoms with Gasteiger partial charge in [-0.25, -0.2) is 4.98 Å². The smallest absolute Gasteiger partial charge is 0.241 e. The molecule has 1 aromatic carbocycles. The average Bonchev–Trinajstić information content (AvgIpc) is 2.75. The minimum atomic E-state index is 0.628. The van der Waals surface area contributed by atoms with Gasteiger partial charge >= 0.3 is 0 Å². The predicted molar refractivity (Wildman–Crippen MR) is 134 cm³/mol. The summed E-state index contributed by atoms with van der Waals surface area (Å²) < 4.78 is 12.0. The van der Waals surface area contributed by atoms with E-state index >= 15 is 0 Å². The quantitative estimate of drug-likeness (QED) is 0.413. The lowest BCUT2D eigenvalue weighted by Crippen LogP contribution is -2.28. The molecule has 0 bridgehead atoms. The molecule has 1 aromatic heterocycles. The number of hydrogen-bond acceptors (Lipinski definition) is 6. The highest BCUT2D eigenvalue weighted by Crippen LogP contribution is 2.37. The van der Waals surface area contributed by atoms with Crippen LogP contribution >= 0.6 is 0 Å². The number of rotatable bonds is 13. The van der Waals surface area contributed by atoms with Crippen molar-refractivity contribution in [2.24, 2.45) is 0 Å². The van der Waals surface area contributed by atoms with Crippen LogP contribution in [0.2, 0.25) is 0 Å². The third kappa shape index (κ3) is 6.35. The molecule has 0 radical (unpaired) electrons. The molecular formula is C26H42N4O2. The van der Waals surface area contributed by atoms with E-state index in [1.54, 1.807) is 7.11 Å². The van der Waals surface area contributed by atoms with E-state index in [-0.39, 0.29) is 0 Å². The molecule has 0 fully saturated rings. The van der Waals surface area contributed by atoms with Gasteiger partial charge in [-0.3, -0.25) is 0 Å². The first kappa shape index (κ1) is 25.9. The van der Waals surface area contributed by atoms with Gasteiger partial charge in [-0.15, -0.1) is 0 Å². The van der Waals surface area contributed by atoms with Crippen LogP contribution in [0.15, 0.2) is 12.1 Å². The van der Waals surface area contributed by atoms with Crippen molar-refractivity contribution < 1.29 is 9.47 Å². The Balaban J connectivity index is 2.49. The average molecular weight is 443 g/mol. The fourth-order valence-electron chi connectivity index (χ4n) is 4.19. The van der Waals surface area contributed by atoms with Crippen molar-refractivity contribution in [2.45, 2.75) is 61.3 Å². The Morgan fingerprint density at radius 2 is 1.53 bits per heavy atom. The molecule has 0 aliphatic rings. The van der Waals surface area contributed by atoms with Crippen LogP contribution in [0.4, 0.5) is 5.69 Å². The molecule has 178 valence electrons. The van der Waals surface area contributed by atoms with Crippen LogP contribution in [0, 0.1) is 20.8 Å². The Labute approximate surface area is 195 Å². The third-order valence-electron chi connectivity index (χ3n) is 5.75. The van der Waals surface area contributed by atoms with Gasteiger partial charge in [0.1, 0.15) is 18.0 Å². The molecule has 0 amide bonds. The highest BCUT2D eigenvalue weighted by atomic mass is 16.5. The van der Waals surface area contributed by atoms with Crippen molar-refractivity contribution in [1.82, 2.24) is 14.9 Å². The first-order valence-electron chi connectivity index (χ1n) is 12.0. The summed E-state index contributed by atoms with van der Waals surface area (Å²) in [5.74, 6) is 2.12. The van der Waals surface area contributed by atoms with Crippen LogP contribution in [0.3, 0.4) is 0 Å². The van der Waals surface area contributed by atoms with Gasteiger partial charge in [0.05, 0.1) is 18.4 Å². The number of benzene rings is 1. The lowest BCUT2D eigenvalue weighted by atomic mass is 10.0. The summed E-state index contributed by atoms with van der Waals surface area (Å²) in [7, 11) is 1.69. The van der Waals surface area contributed by atoms with Gasteiger partial charge in [0.2, 0.25) is 5.88 Å². The van der Waals surface area contributed by atoms with E-state index in [9.17, 15) is 0 Å². The molecule has 0 aliphatic heterocycles. The third-order valence-corrected chi connectivity index (χ3v) is 5.75. The molecule has 32 heavy (non-hydrogen) atoms. The fraction of sp³-hybridized carbons (Fsp3) is 0.615. The van der Waals surface area contributed by atoms with Gasteiger partial charge in [-0.05, 0) is 63.9 Å². The minimum Gasteiger partial charge on any atom is -0.491 e. The Bertz CT molecular complexity index is 859. The maximum absolute atomic E-state index is 6.28. The SMILES string of the molecule is CCCN(CCC)c1c(C)nc(-c2c(C)cc(C)cc2OCCN(CC)CC)nc1OC. The summed E-state index contributed by atoms with van der Waals surface area (Å²) in [5.41, 5.74) is 5.15. The van der Waals surface area contributed by atoms with Crippen LogP contribution < -0.4 is 14.4 Å². The van der Waals surface area contributed by atoms with Crippen molar-refractivity contribution in [3.05, 3.63) is 29.0 Å². The van der Waals surface area contributed by atoms with Gasteiger partial charge in [0.15, 0.2) is 5.82 Å². The predicted octanol–water partition coefficient (Wildman–Crippen LogP) is 5.42. The summed E-state index contributed by atoms with van der Waals surface area (Å²) in [4.78, 5) is 14.5. The molecule has 0 aliphatic carbocycles.